The number of hydrogen-bond acceptors (Lipinski definition) is 3. The van der Waals surface area contributed by atoms with Crippen LogP contribution in [0, 0.1) is 5.41 Å². The van der Waals surface area contributed by atoms with Gasteiger partial charge in [-0.05, 0) is 30.4 Å². The van der Waals surface area contributed by atoms with Gasteiger partial charge in [0.1, 0.15) is 11.8 Å². The summed E-state index contributed by atoms with van der Waals surface area (Å²) < 4.78 is 5.13. The molecule has 1 aromatic rings. The third-order valence-corrected chi connectivity index (χ3v) is 2.99. The van der Waals surface area contributed by atoms with Crippen LogP contribution in [0.25, 0.3) is 0 Å². The van der Waals surface area contributed by atoms with Crippen LogP contribution in [0.15, 0.2) is 22.8 Å². The summed E-state index contributed by atoms with van der Waals surface area (Å²) in [6.45, 7) is 6.14. The second-order valence-electron chi connectivity index (χ2n) is 6.14. The Bertz CT molecular complexity index is 431. The maximum atomic E-state index is 11.8. The fourth-order valence-corrected chi connectivity index (χ4v) is 1.79. The highest BCUT2D eigenvalue weighted by Crippen LogP contribution is 2.21. The molecule has 1 rings (SSSR count). The van der Waals surface area contributed by atoms with Crippen LogP contribution in [-0.2, 0) is 16.0 Å². The van der Waals surface area contributed by atoms with Crippen LogP contribution >= 0.6 is 0 Å². The minimum absolute atomic E-state index is 0.0482. The fourth-order valence-electron chi connectivity index (χ4n) is 1.79. The number of hydrogen-bond donors (Lipinski definition) is 2. The standard InChI is InChI=1S/C15H23NO4/c1-15(2,3)9-8-12(14(18)19)16-13(17)7-6-11-5-4-10-20-11/h4-5,10,12H,6-9H2,1-3H3,(H,16,17)(H,18,19). The van der Waals surface area contributed by atoms with Crippen molar-refractivity contribution in [1.29, 1.82) is 0 Å². The van der Waals surface area contributed by atoms with Gasteiger partial charge in [-0.1, -0.05) is 20.8 Å². The maximum Gasteiger partial charge on any atom is 0.326 e. The van der Waals surface area contributed by atoms with E-state index in [9.17, 15) is 9.59 Å². The summed E-state index contributed by atoms with van der Waals surface area (Å²) in [7, 11) is 0. The van der Waals surface area contributed by atoms with Crippen LogP contribution in [-0.4, -0.2) is 23.0 Å². The Morgan fingerprint density at radius 3 is 2.60 bits per heavy atom. The molecule has 0 bridgehead atoms. The third-order valence-electron chi connectivity index (χ3n) is 2.99. The van der Waals surface area contributed by atoms with Crippen LogP contribution in [0.4, 0.5) is 0 Å². The van der Waals surface area contributed by atoms with Gasteiger partial charge in [-0.15, -0.1) is 0 Å². The van der Waals surface area contributed by atoms with E-state index in [0.717, 1.165) is 12.2 Å². The van der Waals surface area contributed by atoms with E-state index >= 15 is 0 Å². The molecule has 0 saturated heterocycles. The molecule has 112 valence electrons. The Kier molecular flexibility index (Phi) is 5.80. The van der Waals surface area contributed by atoms with Gasteiger partial charge in [0.25, 0.3) is 0 Å². The largest absolute Gasteiger partial charge is 0.480 e. The summed E-state index contributed by atoms with van der Waals surface area (Å²) in [4.78, 5) is 22.9. The lowest BCUT2D eigenvalue weighted by molar-refractivity contribution is -0.142. The van der Waals surface area contributed by atoms with E-state index in [1.54, 1.807) is 18.4 Å². The van der Waals surface area contributed by atoms with Crippen molar-refractivity contribution in [1.82, 2.24) is 5.32 Å². The molecule has 0 spiro atoms. The van der Waals surface area contributed by atoms with E-state index in [1.165, 1.54) is 0 Å². The lowest BCUT2D eigenvalue weighted by atomic mass is 9.88. The zero-order valence-corrected chi connectivity index (χ0v) is 12.3. The van der Waals surface area contributed by atoms with Gasteiger partial charge in [0, 0.05) is 12.8 Å². The molecule has 0 aliphatic rings. The van der Waals surface area contributed by atoms with Gasteiger partial charge in [0.2, 0.25) is 5.91 Å². The van der Waals surface area contributed by atoms with Crippen molar-refractivity contribution in [2.75, 3.05) is 0 Å². The van der Waals surface area contributed by atoms with Crippen molar-refractivity contribution in [3.63, 3.8) is 0 Å². The monoisotopic (exact) mass is 281 g/mol. The molecule has 0 radical (unpaired) electrons. The van der Waals surface area contributed by atoms with Gasteiger partial charge < -0.3 is 14.8 Å². The molecule has 1 amide bonds. The Hall–Kier alpha value is -1.78. The zero-order valence-electron chi connectivity index (χ0n) is 12.3. The average Bonchev–Trinajstić information content (AvgIpc) is 2.83. The molecule has 0 fully saturated rings. The normalized spacial score (nSPS) is 12.9. The molecular formula is C15H23NO4. The summed E-state index contributed by atoms with van der Waals surface area (Å²) in [5.41, 5.74) is 0.0482. The van der Waals surface area contributed by atoms with Crippen LogP contribution in [0.2, 0.25) is 0 Å². The highest BCUT2D eigenvalue weighted by Gasteiger charge is 2.22. The molecule has 0 saturated carbocycles. The Morgan fingerprint density at radius 1 is 1.40 bits per heavy atom. The van der Waals surface area contributed by atoms with E-state index < -0.39 is 12.0 Å². The number of nitrogens with one attached hydrogen (secondary N) is 1. The Labute approximate surface area is 119 Å². The number of carboxylic acids is 1. The topological polar surface area (TPSA) is 79.5 Å². The minimum atomic E-state index is -0.986. The number of rotatable bonds is 7. The number of carboxylic acid groups (broad SMARTS) is 1. The maximum absolute atomic E-state index is 11.8. The highest BCUT2D eigenvalue weighted by molar-refractivity contribution is 5.83. The lowest BCUT2D eigenvalue weighted by Crippen LogP contribution is -2.41. The molecule has 1 unspecified atom stereocenters. The summed E-state index contributed by atoms with van der Waals surface area (Å²) in [5.74, 6) is -0.523. The second-order valence-corrected chi connectivity index (χ2v) is 6.14. The first-order valence-corrected chi connectivity index (χ1v) is 6.82. The van der Waals surface area contributed by atoms with Crippen LogP contribution in [0.1, 0.15) is 45.8 Å². The van der Waals surface area contributed by atoms with Crippen molar-refractivity contribution in [3.8, 4) is 0 Å². The van der Waals surface area contributed by atoms with E-state index in [1.807, 2.05) is 20.8 Å². The molecule has 0 aliphatic carbocycles. The van der Waals surface area contributed by atoms with E-state index in [2.05, 4.69) is 5.32 Å². The summed E-state index contributed by atoms with van der Waals surface area (Å²) >= 11 is 0. The van der Waals surface area contributed by atoms with Gasteiger partial charge >= 0.3 is 5.97 Å². The van der Waals surface area contributed by atoms with E-state index in [4.69, 9.17) is 9.52 Å². The Morgan fingerprint density at radius 2 is 2.10 bits per heavy atom. The van der Waals surface area contributed by atoms with Crippen LogP contribution < -0.4 is 5.32 Å². The molecule has 1 atom stereocenters. The SMILES string of the molecule is CC(C)(C)CCC(NC(=O)CCc1ccco1)C(=O)O. The van der Waals surface area contributed by atoms with Gasteiger partial charge in [-0.3, -0.25) is 4.79 Å². The van der Waals surface area contributed by atoms with E-state index in [-0.39, 0.29) is 17.7 Å². The first-order chi connectivity index (χ1) is 9.28. The number of carbonyl (C=O) groups is 2. The second kappa shape index (κ2) is 7.12. The predicted octanol–water partition coefficient (Wildman–Crippen LogP) is 2.61. The van der Waals surface area contributed by atoms with Gasteiger partial charge in [0.15, 0.2) is 0 Å². The number of amides is 1. The molecule has 0 aliphatic heterocycles. The number of aryl methyl sites for hydroxylation is 1. The van der Waals surface area contributed by atoms with Crippen molar-refractivity contribution in [3.05, 3.63) is 24.2 Å². The first-order valence-electron chi connectivity index (χ1n) is 6.82. The van der Waals surface area contributed by atoms with Crippen molar-refractivity contribution in [2.45, 2.75) is 52.5 Å². The molecular weight excluding hydrogens is 258 g/mol. The number of carbonyl (C=O) groups excluding carboxylic acids is 1. The zero-order chi connectivity index (χ0) is 15.2. The lowest BCUT2D eigenvalue weighted by Gasteiger charge is -2.21. The smallest absolute Gasteiger partial charge is 0.326 e. The third kappa shape index (κ3) is 6.41. The molecule has 5 nitrogen and oxygen atoms in total. The molecule has 0 aromatic carbocycles. The fraction of sp³-hybridized carbons (Fsp3) is 0.600. The average molecular weight is 281 g/mol. The highest BCUT2D eigenvalue weighted by atomic mass is 16.4. The van der Waals surface area contributed by atoms with Gasteiger partial charge in [-0.25, -0.2) is 4.79 Å². The summed E-state index contributed by atoms with van der Waals surface area (Å²) in [5, 5.41) is 11.7. The molecule has 2 N–H and O–H groups in total. The predicted molar refractivity (Wildman–Crippen MR) is 75.3 cm³/mol. The number of aliphatic carboxylic acids is 1. The van der Waals surface area contributed by atoms with E-state index in [0.29, 0.717) is 12.8 Å². The van der Waals surface area contributed by atoms with Gasteiger partial charge in [0.05, 0.1) is 6.26 Å². The Balaban J connectivity index is 2.40. The quantitative estimate of drug-likeness (QED) is 0.805. The molecule has 5 heteroatoms. The number of furan rings is 1. The summed E-state index contributed by atoms with van der Waals surface area (Å²) in [6.07, 6.45) is 3.43. The first kappa shape index (κ1) is 16.3. The molecule has 1 aromatic heterocycles. The van der Waals surface area contributed by atoms with Gasteiger partial charge in [-0.2, -0.15) is 0 Å². The van der Waals surface area contributed by atoms with Crippen molar-refractivity contribution < 1.29 is 19.1 Å². The van der Waals surface area contributed by atoms with Crippen LogP contribution in [0.3, 0.4) is 0 Å². The minimum Gasteiger partial charge on any atom is -0.480 e. The molecule has 20 heavy (non-hydrogen) atoms. The molecule has 1 heterocycles. The van der Waals surface area contributed by atoms with Crippen molar-refractivity contribution >= 4 is 11.9 Å². The van der Waals surface area contributed by atoms with Crippen LogP contribution in [0.5, 0.6) is 0 Å². The summed E-state index contributed by atoms with van der Waals surface area (Å²) in [6, 6.07) is 2.73. The van der Waals surface area contributed by atoms with Crippen molar-refractivity contribution in [2.24, 2.45) is 5.41 Å².